The van der Waals surface area contributed by atoms with Crippen molar-refractivity contribution in [1.29, 1.82) is 0 Å². The number of hydrogen-bond acceptors (Lipinski definition) is 2. The quantitative estimate of drug-likeness (QED) is 0.722. The highest BCUT2D eigenvalue weighted by Gasteiger charge is 2.30. The summed E-state index contributed by atoms with van der Waals surface area (Å²) in [6.45, 7) is 15.4. The Hall–Kier alpha value is -0.340. The van der Waals surface area contributed by atoms with Gasteiger partial charge in [-0.05, 0) is 25.7 Å². The van der Waals surface area contributed by atoms with Gasteiger partial charge in [-0.1, -0.05) is 26.8 Å². The Morgan fingerprint density at radius 2 is 2.12 bits per heavy atom. The van der Waals surface area contributed by atoms with Gasteiger partial charge in [0.25, 0.3) is 0 Å². The summed E-state index contributed by atoms with van der Waals surface area (Å²) in [7, 11) is 0. The van der Waals surface area contributed by atoms with Crippen LogP contribution >= 0.6 is 0 Å². The second-order valence-electron chi connectivity index (χ2n) is 5.39. The van der Waals surface area contributed by atoms with E-state index in [2.05, 4.69) is 44.5 Å². The van der Waals surface area contributed by atoms with Gasteiger partial charge >= 0.3 is 0 Å². The molecular formula is C14H28N2. The molecule has 1 heterocycles. The lowest BCUT2D eigenvalue weighted by atomic mass is 9.96. The molecule has 0 bridgehead atoms. The molecule has 0 saturated carbocycles. The summed E-state index contributed by atoms with van der Waals surface area (Å²) in [5, 5.41) is 3.68. The molecule has 0 aliphatic carbocycles. The van der Waals surface area contributed by atoms with Gasteiger partial charge < -0.3 is 5.32 Å². The van der Waals surface area contributed by atoms with Gasteiger partial charge in [-0.3, -0.25) is 4.90 Å². The monoisotopic (exact) mass is 224 g/mol. The Bertz CT molecular complexity index is 213. The van der Waals surface area contributed by atoms with Gasteiger partial charge in [0.15, 0.2) is 0 Å². The van der Waals surface area contributed by atoms with Gasteiger partial charge in [0.2, 0.25) is 0 Å². The van der Waals surface area contributed by atoms with Crippen molar-refractivity contribution in [2.45, 2.75) is 58.7 Å². The van der Waals surface area contributed by atoms with Gasteiger partial charge in [0, 0.05) is 31.2 Å². The second-order valence-corrected chi connectivity index (χ2v) is 5.39. The largest absolute Gasteiger partial charge is 0.311 e. The summed E-state index contributed by atoms with van der Waals surface area (Å²) >= 11 is 0. The molecule has 16 heavy (non-hydrogen) atoms. The molecule has 1 aliphatic rings. The maximum Gasteiger partial charge on any atom is 0.0221 e. The topological polar surface area (TPSA) is 15.3 Å². The molecule has 1 rings (SSSR count). The Kier molecular flexibility index (Phi) is 5.50. The van der Waals surface area contributed by atoms with Crippen molar-refractivity contribution >= 4 is 0 Å². The zero-order valence-corrected chi connectivity index (χ0v) is 11.4. The normalized spacial score (nSPS) is 29.3. The first-order valence-corrected chi connectivity index (χ1v) is 6.70. The van der Waals surface area contributed by atoms with Crippen LogP contribution in [0.3, 0.4) is 0 Å². The third-order valence-corrected chi connectivity index (χ3v) is 3.84. The van der Waals surface area contributed by atoms with E-state index in [0.29, 0.717) is 18.1 Å². The van der Waals surface area contributed by atoms with Crippen LogP contribution in [0.15, 0.2) is 12.7 Å². The van der Waals surface area contributed by atoms with Crippen LogP contribution in [0.4, 0.5) is 0 Å². The Balaban J connectivity index is 2.63. The van der Waals surface area contributed by atoms with E-state index in [1.807, 2.05) is 6.08 Å². The maximum absolute atomic E-state index is 3.86. The van der Waals surface area contributed by atoms with Crippen LogP contribution in [0.1, 0.15) is 40.5 Å². The molecule has 0 aromatic rings. The minimum absolute atomic E-state index is 0.630. The van der Waals surface area contributed by atoms with E-state index in [4.69, 9.17) is 0 Å². The van der Waals surface area contributed by atoms with Gasteiger partial charge in [-0.15, -0.1) is 6.58 Å². The first kappa shape index (κ1) is 13.7. The highest BCUT2D eigenvalue weighted by Crippen LogP contribution is 2.19. The van der Waals surface area contributed by atoms with E-state index in [1.165, 1.54) is 13.0 Å². The first-order valence-electron chi connectivity index (χ1n) is 6.70. The molecule has 1 saturated heterocycles. The summed E-state index contributed by atoms with van der Waals surface area (Å²) in [6, 6.07) is 1.98. The summed E-state index contributed by atoms with van der Waals surface area (Å²) in [6.07, 6.45) is 4.38. The van der Waals surface area contributed by atoms with Crippen LogP contribution in [0.5, 0.6) is 0 Å². The number of nitrogens with zero attached hydrogens (tertiary/aromatic N) is 1. The zero-order chi connectivity index (χ0) is 12.1. The Morgan fingerprint density at radius 3 is 2.62 bits per heavy atom. The van der Waals surface area contributed by atoms with E-state index in [9.17, 15) is 0 Å². The van der Waals surface area contributed by atoms with E-state index in [-0.39, 0.29) is 0 Å². The van der Waals surface area contributed by atoms with Crippen molar-refractivity contribution in [2.75, 3.05) is 13.1 Å². The third kappa shape index (κ3) is 3.33. The smallest absolute Gasteiger partial charge is 0.0221 e. The molecule has 94 valence electrons. The predicted octanol–water partition coefficient (Wildman–Crippen LogP) is 2.66. The molecule has 0 amide bonds. The SMILES string of the molecule is C=CCC(C)N1CC(C(C)C)NCC1CC. The lowest BCUT2D eigenvalue weighted by Crippen LogP contribution is -2.60. The molecule has 3 atom stereocenters. The summed E-state index contributed by atoms with van der Waals surface area (Å²) < 4.78 is 0. The second kappa shape index (κ2) is 6.41. The lowest BCUT2D eigenvalue weighted by molar-refractivity contribution is 0.0749. The van der Waals surface area contributed by atoms with Gasteiger partial charge in [0.1, 0.15) is 0 Å². The summed E-state index contributed by atoms with van der Waals surface area (Å²) in [4.78, 5) is 2.67. The fraction of sp³-hybridized carbons (Fsp3) is 0.857. The number of nitrogens with one attached hydrogen (secondary N) is 1. The molecular weight excluding hydrogens is 196 g/mol. The highest BCUT2D eigenvalue weighted by atomic mass is 15.3. The molecule has 2 nitrogen and oxygen atoms in total. The van der Waals surface area contributed by atoms with Crippen LogP contribution < -0.4 is 5.32 Å². The molecule has 0 aromatic carbocycles. The van der Waals surface area contributed by atoms with Gasteiger partial charge in [0.05, 0.1) is 0 Å². The van der Waals surface area contributed by atoms with E-state index >= 15 is 0 Å². The molecule has 0 aromatic heterocycles. The minimum atomic E-state index is 0.630. The summed E-state index contributed by atoms with van der Waals surface area (Å²) in [5.74, 6) is 0.719. The van der Waals surface area contributed by atoms with Crippen LogP contribution in [0, 0.1) is 5.92 Å². The maximum atomic E-state index is 3.86. The molecule has 1 fully saturated rings. The number of hydrogen-bond donors (Lipinski definition) is 1. The average molecular weight is 224 g/mol. The fourth-order valence-corrected chi connectivity index (χ4v) is 2.59. The van der Waals surface area contributed by atoms with E-state index in [1.54, 1.807) is 0 Å². The molecule has 0 radical (unpaired) electrons. The van der Waals surface area contributed by atoms with Crippen molar-refractivity contribution < 1.29 is 0 Å². The standard InChI is InChI=1S/C14H28N2/c1-6-8-12(5)16-10-14(11(3)4)15-9-13(16)7-2/h6,11-15H,1,7-10H2,2-5H3. The first-order chi connectivity index (χ1) is 7.60. The van der Waals surface area contributed by atoms with Crippen LogP contribution in [-0.4, -0.2) is 36.1 Å². The van der Waals surface area contributed by atoms with Crippen molar-refractivity contribution in [3.8, 4) is 0 Å². The molecule has 2 heteroatoms. The third-order valence-electron chi connectivity index (χ3n) is 3.84. The zero-order valence-electron chi connectivity index (χ0n) is 11.4. The highest BCUT2D eigenvalue weighted by molar-refractivity contribution is 4.91. The molecule has 1 aliphatic heterocycles. The Morgan fingerprint density at radius 1 is 1.44 bits per heavy atom. The van der Waals surface area contributed by atoms with Crippen molar-refractivity contribution in [3.05, 3.63) is 12.7 Å². The van der Waals surface area contributed by atoms with Crippen molar-refractivity contribution in [2.24, 2.45) is 5.92 Å². The summed E-state index contributed by atoms with van der Waals surface area (Å²) in [5.41, 5.74) is 0. The minimum Gasteiger partial charge on any atom is -0.311 e. The Labute approximate surface area is 101 Å². The van der Waals surface area contributed by atoms with Crippen LogP contribution in [-0.2, 0) is 0 Å². The van der Waals surface area contributed by atoms with Crippen molar-refractivity contribution in [1.82, 2.24) is 10.2 Å². The van der Waals surface area contributed by atoms with E-state index < -0.39 is 0 Å². The number of rotatable bonds is 5. The van der Waals surface area contributed by atoms with Gasteiger partial charge in [-0.25, -0.2) is 0 Å². The van der Waals surface area contributed by atoms with Crippen LogP contribution in [0.25, 0.3) is 0 Å². The predicted molar refractivity (Wildman–Crippen MR) is 71.7 cm³/mol. The van der Waals surface area contributed by atoms with Crippen LogP contribution in [0.2, 0.25) is 0 Å². The van der Waals surface area contributed by atoms with Gasteiger partial charge in [-0.2, -0.15) is 0 Å². The molecule has 0 spiro atoms. The van der Waals surface area contributed by atoms with E-state index in [0.717, 1.165) is 18.9 Å². The molecule has 1 N–H and O–H groups in total. The fourth-order valence-electron chi connectivity index (χ4n) is 2.59. The van der Waals surface area contributed by atoms with Crippen molar-refractivity contribution in [3.63, 3.8) is 0 Å². The number of piperazine rings is 1. The molecule has 3 unspecified atom stereocenters. The lowest BCUT2D eigenvalue weighted by Gasteiger charge is -2.44. The average Bonchev–Trinajstić information content (AvgIpc) is 2.28.